The molecule has 0 radical (unpaired) electrons. The number of hydrogen-bond donors (Lipinski definition) is 0. The predicted molar refractivity (Wildman–Crippen MR) is 86.0 cm³/mol. The average Bonchev–Trinajstić information content (AvgIpc) is 2.55. The molecular weight excluding hydrogens is 284 g/mol. The Balaban J connectivity index is 1.99. The van der Waals surface area contributed by atoms with Gasteiger partial charge in [-0.1, -0.05) is 42.2 Å². The maximum absolute atomic E-state index is 6.17. The second-order valence-electron chi connectivity index (χ2n) is 5.02. The van der Waals surface area contributed by atoms with Gasteiger partial charge in [-0.2, -0.15) is 0 Å². The smallest absolute Gasteiger partial charge is 0.135 e. The van der Waals surface area contributed by atoms with Crippen LogP contribution in [0.5, 0.6) is 5.75 Å². The third-order valence-electron chi connectivity index (χ3n) is 3.63. The Bertz CT molecular complexity index is 678. The molecule has 2 aromatic rings. The van der Waals surface area contributed by atoms with Gasteiger partial charge < -0.3 is 9.47 Å². The number of benzene rings is 2. The van der Waals surface area contributed by atoms with E-state index in [1.165, 1.54) is 0 Å². The predicted octanol–water partition coefficient (Wildman–Crippen LogP) is 3.99. The molecule has 1 saturated heterocycles. The maximum atomic E-state index is 6.17. The molecule has 2 nitrogen and oxygen atoms in total. The average molecular weight is 301 g/mol. The van der Waals surface area contributed by atoms with Crippen molar-refractivity contribution in [2.24, 2.45) is 0 Å². The van der Waals surface area contributed by atoms with Gasteiger partial charge in [0.25, 0.3) is 0 Å². The molecule has 3 rings (SSSR count). The molecule has 0 unspecified atom stereocenters. The first-order valence-electron chi connectivity index (χ1n) is 7.19. The van der Waals surface area contributed by atoms with Crippen LogP contribution in [0.2, 0.25) is 0 Å². The summed E-state index contributed by atoms with van der Waals surface area (Å²) in [7, 11) is 0. The lowest BCUT2D eigenvalue weighted by atomic mass is 10.0. The summed E-state index contributed by atoms with van der Waals surface area (Å²) in [4.78, 5) is 0. The minimum atomic E-state index is 0.205. The summed E-state index contributed by atoms with van der Waals surface area (Å²) in [6.07, 6.45) is 2.06. The van der Waals surface area contributed by atoms with Crippen molar-refractivity contribution in [3.63, 3.8) is 0 Å². The Hall–Kier alpha value is -1.69. The molecule has 1 heterocycles. The van der Waals surface area contributed by atoms with E-state index in [1.54, 1.807) is 0 Å². The Labute approximate surface area is 130 Å². The van der Waals surface area contributed by atoms with Crippen LogP contribution in [0.3, 0.4) is 0 Å². The Kier molecular flexibility index (Phi) is 4.65. The summed E-state index contributed by atoms with van der Waals surface area (Å²) in [5.41, 5.74) is 0.931. The van der Waals surface area contributed by atoms with E-state index < -0.39 is 0 Å². The summed E-state index contributed by atoms with van der Waals surface area (Å²) in [6.45, 7) is 1.53. The second-order valence-corrected chi connectivity index (χ2v) is 5.29. The van der Waals surface area contributed by atoms with E-state index in [-0.39, 0.29) is 6.10 Å². The lowest BCUT2D eigenvalue weighted by Gasteiger charge is -2.24. The van der Waals surface area contributed by atoms with Crippen molar-refractivity contribution >= 4 is 22.4 Å². The molecule has 0 aliphatic carbocycles. The highest BCUT2D eigenvalue weighted by Gasteiger charge is 2.17. The number of hydrogen-bond acceptors (Lipinski definition) is 2. The Morgan fingerprint density at radius 2 is 1.95 bits per heavy atom. The summed E-state index contributed by atoms with van der Waals surface area (Å²) >= 11 is 5.72. The molecule has 3 heteroatoms. The molecular formula is C18H17ClO2. The van der Waals surface area contributed by atoms with Gasteiger partial charge in [-0.05, 0) is 11.5 Å². The number of alkyl halides is 1. The molecule has 0 amide bonds. The van der Waals surface area contributed by atoms with E-state index >= 15 is 0 Å². The SMILES string of the molecule is ClCC#Cc1c(OC2CCOCC2)ccc2ccccc12. The fourth-order valence-corrected chi connectivity index (χ4v) is 2.64. The molecule has 0 spiro atoms. The largest absolute Gasteiger partial charge is 0.489 e. The van der Waals surface area contributed by atoms with Crippen LogP contribution in [0.15, 0.2) is 36.4 Å². The lowest BCUT2D eigenvalue weighted by Crippen LogP contribution is -2.26. The molecule has 0 aromatic heterocycles. The van der Waals surface area contributed by atoms with Crippen molar-refractivity contribution in [3.8, 4) is 17.6 Å². The van der Waals surface area contributed by atoms with Crippen LogP contribution in [-0.2, 0) is 4.74 Å². The number of fused-ring (bicyclic) bond motifs is 1. The quantitative estimate of drug-likeness (QED) is 0.617. The van der Waals surface area contributed by atoms with Crippen LogP contribution >= 0.6 is 11.6 Å². The molecule has 1 aliphatic heterocycles. The van der Waals surface area contributed by atoms with Crippen molar-refractivity contribution in [2.75, 3.05) is 19.1 Å². The zero-order valence-electron chi connectivity index (χ0n) is 11.8. The van der Waals surface area contributed by atoms with E-state index in [9.17, 15) is 0 Å². The van der Waals surface area contributed by atoms with Gasteiger partial charge in [0.15, 0.2) is 0 Å². The highest BCUT2D eigenvalue weighted by atomic mass is 35.5. The first-order chi connectivity index (χ1) is 10.4. The van der Waals surface area contributed by atoms with Gasteiger partial charge in [-0.25, -0.2) is 0 Å². The van der Waals surface area contributed by atoms with E-state index in [2.05, 4.69) is 30.0 Å². The van der Waals surface area contributed by atoms with Crippen LogP contribution in [0, 0.1) is 11.8 Å². The molecule has 0 saturated carbocycles. The van der Waals surface area contributed by atoms with Crippen LogP contribution in [0.1, 0.15) is 18.4 Å². The first kappa shape index (κ1) is 14.3. The Morgan fingerprint density at radius 1 is 1.14 bits per heavy atom. The van der Waals surface area contributed by atoms with E-state index in [1.807, 2.05) is 18.2 Å². The standard InChI is InChI=1S/C18H17ClO2/c19-11-3-6-17-16-5-2-1-4-14(16)7-8-18(17)21-15-9-12-20-13-10-15/h1-2,4-5,7-8,15H,9-13H2. The van der Waals surface area contributed by atoms with Crippen molar-refractivity contribution in [3.05, 3.63) is 42.0 Å². The van der Waals surface area contributed by atoms with Gasteiger partial charge in [-0.3, -0.25) is 0 Å². The van der Waals surface area contributed by atoms with Gasteiger partial charge in [0.1, 0.15) is 11.9 Å². The van der Waals surface area contributed by atoms with Gasteiger partial charge in [0, 0.05) is 18.2 Å². The zero-order valence-corrected chi connectivity index (χ0v) is 12.5. The molecule has 1 aliphatic rings. The van der Waals surface area contributed by atoms with Crippen molar-refractivity contribution in [1.82, 2.24) is 0 Å². The normalized spacial score (nSPS) is 15.5. The number of ether oxygens (including phenoxy) is 2. The topological polar surface area (TPSA) is 18.5 Å². The van der Waals surface area contributed by atoms with Crippen molar-refractivity contribution in [1.29, 1.82) is 0 Å². The monoisotopic (exact) mass is 300 g/mol. The van der Waals surface area contributed by atoms with E-state index in [0.717, 1.165) is 48.1 Å². The van der Waals surface area contributed by atoms with Crippen LogP contribution in [0.25, 0.3) is 10.8 Å². The van der Waals surface area contributed by atoms with Gasteiger partial charge in [0.05, 0.1) is 24.7 Å². The van der Waals surface area contributed by atoms with Gasteiger partial charge in [0.2, 0.25) is 0 Å². The second kappa shape index (κ2) is 6.85. The van der Waals surface area contributed by atoms with Crippen LogP contribution in [-0.4, -0.2) is 25.2 Å². The van der Waals surface area contributed by atoms with Crippen LogP contribution < -0.4 is 4.74 Å². The lowest BCUT2D eigenvalue weighted by molar-refractivity contribution is 0.0255. The highest BCUT2D eigenvalue weighted by molar-refractivity contribution is 6.19. The fourth-order valence-electron chi connectivity index (χ4n) is 2.57. The molecule has 0 atom stereocenters. The third-order valence-corrected chi connectivity index (χ3v) is 3.77. The summed E-state index contributed by atoms with van der Waals surface area (Å²) in [5.74, 6) is 7.27. The molecule has 2 aromatic carbocycles. The van der Waals surface area contributed by atoms with Gasteiger partial charge >= 0.3 is 0 Å². The molecule has 0 N–H and O–H groups in total. The minimum Gasteiger partial charge on any atom is -0.489 e. The van der Waals surface area contributed by atoms with Crippen molar-refractivity contribution in [2.45, 2.75) is 18.9 Å². The third kappa shape index (κ3) is 3.32. The molecule has 21 heavy (non-hydrogen) atoms. The number of halogens is 1. The van der Waals surface area contributed by atoms with E-state index in [4.69, 9.17) is 21.1 Å². The fraction of sp³-hybridized carbons (Fsp3) is 0.333. The first-order valence-corrected chi connectivity index (χ1v) is 7.73. The van der Waals surface area contributed by atoms with Crippen molar-refractivity contribution < 1.29 is 9.47 Å². The zero-order chi connectivity index (χ0) is 14.5. The maximum Gasteiger partial charge on any atom is 0.135 e. The van der Waals surface area contributed by atoms with Gasteiger partial charge in [-0.15, -0.1) is 11.6 Å². The summed E-state index contributed by atoms with van der Waals surface area (Å²) < 4.78 is 11.5. The Morgan fingerprint density at radius 3 is 2.76 bits per heavy atom. The van der Waals surface area contributed by atoms with E-state index in [0.29, 0.717) is 5.88 Å². The molecule has 0 bridgehead atoms. The molecule has 1 fully saturated rings. The highest BCUT2D eigenvalue weighted by Crippen LogP contribution is 2.29. The summed E-state index contributed by atoms with van der Waals surface area (Å²) in [6, 6.07) is 12.3. The minimum absolute atomic E-state index is 0.205. The van der Waals surface area contributed by atoms with Crippen LogP contribution in [0.4, 0.5) is 0 Å². The number of rotatable bonds is 2. The summed E-state index contributed by atoms with van der Waals surface area (Å²) in [5, 5.41) is 2.27. The molecule has 108 valence electrons.